The standard InChI is InChI=1S/C13H21N5O2/c1-9(2)15-13(19)10-8-20-7-6-18(10)12-5-3-4-11(16-12)17-14/h3-5,9-10H,6-8,14H2,1-2H3,(H,15,19)(H,16,17). The summed E-state index contributed by atoms with van der Waals surface area (Å²) in [5.41, 5.74) is 2.51. The average Bonchev–Trinajstić information content (AvgIpc) is 2.46. The van der Waals surface area contributed by atoms with Crippen LogP contribution in [-0.4, -0.2) is 42.7 Å². The molecule has 1 saturated heterocycles. The van der Waals surface area contributed by atoms with Crippen molar-refractivity contribution in [2.24, 2.45) is 5.84 Å². The summed E-state index contributed by atoms with van der Waals surface area (Å²) in [7, 11) is 0. The monoisotopic (exact) mass is 279 g/mol. The van der Waals surface area contributed by atoms with Crippen molar-refractivity contribution < 1.29 is 9.53 Å². The van der Waals surface area contributed by atoms with Crippen molar-refractivity contribution in [3.05, 3.63) is 18.2 Å². The van der Waals surface area contributed by atoms with E-state index >= 15 is 0 Å². The van der Waals surface area contributed by atoms with Crippen LogP contribution in [0.3, 0.4) is 0 Å². The highest BCUT2D eigenvalue weighted by Gasteiger charge is 2.30. The van der Waals surface area contributed by atoms with Crippen molar-refractivity contribution in [3.8, 4) is 0 Å². The van der Waals surface area contributed by atoms with E-state index in [0.717, 1.165) is 0 Å². The van der Waals surface area contributed by atoms with Gasteiger partial charge in [0.15, 0.2) is 0 Å². The lowest BCUT2D eigenvalue weighted by molar-refractivity contribution is -0.125. The Morgan fingerprint density at radius 3 is 3.05 bits per heavy atom. The number of rotatable bonds is 4. The number of nitrogen functional groups attached to an aromatic ring is 1. The van der Waals surface area contributed by atoms with E-state index in [9.17, 15) is 4.79 Å². The van der Waals surface area contributed by atoms with Crippen LogP contribution in [0, 0.1) is 0 Å². The number of anilines is 2. The van der Waals surface area contributed by atoms with E-state index < -0.39 is 0 Å². The topological polar surface area (TPSA) is 92.5 Å². The Morgan fingerprint density at radius 1 is 1.55 bits per heavy atom. The fraction of sp³-hybridized carbons (Fsp3) is 0.538. The van der Waals surface area contributed by atoms with Gasteiger partial charge in [-0.2, -0.15) is 0 Å². The number of nitrogens with two attached hydrogens (primary N) is 1. The molecule has 110 valence electrons. The van der Waals surface area contributed by atoms with Crippen molar-refractivity contribution in [1.82, 2.24) is 10.3 Å². The van der Waals surface area contributed by atoms with Crippen LogP contribution in [0.1, 0.15) is 13.8 Å². The Bertz CT molecular complexity index is 466. The third kappa shape index (κ3) is 3.37. The molecule has 1 amide bonds. The predicted molar refractivity (Wildman–Crippen MR) is 77.3 cm³/mol. The van der Waals surface area contributed by atoms with E-state index in [-0.39, 0.29) is 18.0 Å². The Kier molecular flexibility index (Phi) is 4.75. The number of nitrogens with zero attached hydrogens (tertiary/aromatic N) is 2. The predicted octanol–water partition coefficient (Wildman–Crippen LogP) is 0.0970. The van der Waals surface area contributed by atoms with Crippen LogP contribution in [0.2, 0.25) is 0 Å². The zero-order chi connectivity index (χ0) is 14.5. The molecule has 1 aliphatic heterocycles. The van der Waals surface area contributed by atoms with Crippen molar-refractivity contribution in [3.63, 3.8) is 0 Å². The van der Waals surface area contributed by atoms with Gasteiger partial charge in [0.05, 0.1) is 13.2 Å². The Balaban J connectivity index is 2.19. The van der Waals surface area contributed by atoms with Gasteiger partial charge in [-0.1, -0.05) is 6.07 Å². The van der Waals surface area contributed by atoms with Gasteiger partial charge in [-0.05, 0) is 26.0 Å². The van der Waals surface area contributed by atoms with Gasteiger partial charge in [0.1, 0.15) is 17.7 Å². The van der Waals surface area contributed by atoms with Gasteiger partial charge in [-0.3, -0.25) is 4.79 Å². The summed E-state index contributed by atoms with van der Waals surface area (Å²) < 4.78 is 5.42. The number of morpholine rings is 1. The van der Waals surface area contributed by atoms with Crippen LogP contribution in [0.5, 0.6) is 0 Å². The molecule has 0 aromatic carbocycles. The maximum Gasteiger partial charge on any atom is 0.245 e. The minimum atomic E-state index is -0.369. The second-order valence-electron chi connectivity index (χ2n) is 4.97. The van der Waals surface area contributed by atoms with Crippen LogP contribution in [0.25, 0.3) is 0 Å². The van der Waals surface area contributed by atoms with Crippen LogP contribution in [-0.2, 0) is 9.53 Å². The number of pyridine rings is 1. The first-order valence-electron chi connectivity index (χ1n) is 6.70. The lowest BCUT2D eigenvalue weighted by Crippen LogP contribution is -2.55. The lowest BCUT2D eigenvalue weighted by Gasteiger charge is -2.35. The summed E-state index contributed by atoms with van der Waals surface area (Å²) in [4.78, 5) is 18.6. The SMILES string of the molecule is CC(C)NC(=O)C1COCCN1c1cccc(NN)n1. The lowest BCUT2D eigenvalue weighted by atomic mass is 10.2. The third-order valence-corrected chi connectivity index (χ3v) is 3.04. The molecule has 7 nitrogen and oxygen atoms in total. The maximum absolute atomic E-state index is 12.2. The Hall–Kier alpha value is -1.86. The second kappa shape index (κ2) is 6.53. The zero-order valence-corrected chi connectivity index (χ0v) is 11.8. The molecule has 1 aromatic heterocycles. The summed E-state index contributed by atoms with van der Waals surface area (Å²) in [5, 5.41) is 2.91. The highest BCUT2D eigenvalue weighted by molar-refractivity contribution is 5.85. The summed E-state index contributed by atoms with van der Waals surface area (Å²) in [6.45, 7) is 5.43. The molecular formula is C13H21N5O2. The fourth-order valence-electron chi connectivity index (χ4n) is 2.14. The number of hydrazine groups is 1. The van der Waals surface area contributed by atoms with Gasteiger partial charge in [0.25, 0.3) is 0 Å². The molecule has 0 spiro atoms. The van der Waals surface area contributed by atoms with Gasteiger partial charge in [0, 0.05) is 12.6 Å². The van der Waals surface area contributed by atoms with Crippen LogP contribution in [0.4, 0.5) is 11.6 Å². The van der Waals surface area contributed by atoms with Gasteiger partial charge >= 0.3 is 0 Å². The zero-order valence-electron chi connectivity index (χ0n) is 11.8. The molecule has 0 saturated carbocycles. The number of nitrogens with one attached hydrogen (secondary N) is 2. The first kappa shape index (κ1) is 14.5. The van der Waals surface area contributed by atoms with Gasteiger partial charge in [-0.15, -0.1) is 0 Å². The third-order valence-electron chi connectivity index (χ3n) is 3.04. The van der Waals surface area contributed by atoms with Gasteiger partial charge in [0.2, 0.25) is 5.91 Å². The van der Waals surface area contributed by atoms with Crippen molar-refractivity contribution in [1.29, 1.82) is 0 Å². The first-order chi connectivity index (χ1) is 9.61. The Morgan fingerprint density at radius 2 is 2.35 bits per heavy atom. The van der Waals surface area contributed by atoms with Gasteiger partial charge < -0.3 is 20.4 Å². The summed E-state index contributed by atoms with van der Waals surface area (Å²) >= 11 is 0. The number of amides is 1. The quantitative estimate of drug-likeness (QED) is 0.534. The van der Waals surface area contributed by atoms with Crippen LogP contribution >= 0.6 is 0 Å². The van der Waals surface area contributed by atoms with Crippen molar-refractivity contribution in [2.75, 3.05) is 30.1 Å². The summed E-state index contributed by atoms with van der Waals surface area (Å²) in [5.74, 6) is 6.61. The van der Waals surface area contributed by atoms with E-state index in [2.05, 4.69) is 15.7 Å². The highest BCUT2D eigenvalue weighted by atomic mass is 16.5. The molecule has 1 atom stereocenters. The minimum Gasteiger partial charge on any atom is -0.377 e. The highest BCUT2D eigenvalue weighted by Crippen LogP contribution is 2.19. The van der Waals surface area contributed by atoms with E-state index in [0.29, 0.717) is 31.4 Å². The number of aromatic nitrogens is 1. The number of hydrogen-bond acceptors (Lipinski definition) is 6. The van der Waals surface area contributed by atoms with Crippen LogP contribution < -0.4 is 21.5 Å². The molecule has 20 heavy (non-hydrogen) atoms. The smallest absolute Gasteiger partial charge is 0.245 e. The number of carbonyl (C=O) groups excluding carboxylic acids is 1. The van der Waals surface area contributed by atoms with E-state index in [1.807, 2.05) is 30.9 Å². The van der Waals surface area contributed by atoms with Gasteiger partial charge in [-0.25, -0.2) is 10.8 Å². The van der Waals surface area contributed by atoms with E-state index in [4.69, 9.17) is 10.6 Å². The molecule has 1 unspecified atom stereocenters. The minimum absolute atomic E-state index is 0.0485. The number of hydrogen-bond donors (Lipinski definition) is 3. The summed E-state index contributed by atoms with van der Waals surface area (Å²) in [6.07, 6.45) is 0. The average molecular weight is 279 g/mol. The summed E-state index contributed by atoms with van der Waals surface area (Å²) in [6, 6.07) is 5.21. The number of ether oxygens (including phenoxy) is 1. The molecule has 1 fully saturated rings. The molecule has 1 aliphatic rings. The number of carbonyl (C=O) groups is 1. The molecule has 0 radical (unpaired) electrons. The molecular weight excluding hydrogens is 258 g/mol. The molecule has 0 aliphatic carbocycles. The first-order valence-corrected chi connectivity index (χ1v) is 6.70. The molecule has 1 aromatic rings. The molecule has 0 bridgehead atoms. The van der Waals surface area contributed by atoms with Crippen molar-refractivity contribution >= 4 is 17.5 Å². The van der Waals surface area contributed by atoms with E-state index in [1.54, 1.807) is 6.07 Å². The molecule has 2 rings (SSSR count). The molecule has 2 heterocycles. The maximum atomic E-state index is 12.2. The van der Waals surface area contributed by atoms with Crippen LogP contribution in [0.15, 0.2) is 18.2 Å². The normalized spacial score (nSPS) is 19.0. The second-order valence-corrected chi connectivity index (χ2v) is 4.97. The largest absolute Gasteiger partial charge is 0.377 e. The Labute approximate surface area is 118 Å². The van der Waals surface area contributed by atoms with Crippen molar-refractivity contribution in [2.45, 2.75) is 25.9 Å². The molecule has 4 N–H and O–H groups in total. The fourth-order valence-corrected chi connectivity index (χ4v) is 2.14. The van der Waals surface area contributed by atoms with E-state index in [1.165, 1.54) is 0 Å². The molecule has 7 heteroatoms.